The zero-order valence-electron chi connectivity index (χ0n) is 11.2. The van der Waals surface area contributed by atoms with Gasteiger partial charge in [0.2, 0.25) is 0 Å². The topological polar surface area (TPSA) is 60.9 Å². The van der Waals surface area contributed by atoms with Crippen molar-refractivity contribution >= 4 is 16.5 Å². The van der Waals surface area contributed by atoms with Crippen LogP contribution in [-0.4, -0.2) is 14.0 Å². The van der Waals surface area contributed by atoms with Crippen LogP contribution in [0.3, 0.4) is 0 Å². The lowest BCUT2D eigenvalue weighted by molar-refractivity contribution is 0.475. The van der Waals surface area contributed by atoms with Crippen LogP contribution in [0.2, 0.25) is 0 Å². The second-order valence-corrected chi connectivity index (χ2v) is 6.05. The molecule has 0 radical (unpaired) electrons. The van der Waals surface area contributed by atoms with E-state index in [-0.39, 0.29) is 0 Å². The van der Waals surface area contributed by atoms with Crippen molar-refractivity contribution < 1.29 is 4.21 Å². The molecule has 2 rings (SSSR count). The fourth-order valence-electron chi connectivity index (χ4n) is 1.72. The number of benzene rings is 1. The molecule has 1 aromatic carbocycles. The summed E-state index contributed by atoms with van der Waals surface area (Å²) < 4.78 is 14.1. The molecule has 0 aliphatic heterocycles. The molecule has 1 heterocycles. The molecule has 5 heteroatoms. The standard InChI is InChI=1S/C14H19N3OS/c1-3-11(2)17-9-8-13(16-17)10-19(18)14-6-4-12(15)5-7-14/h4-9,11H,3,10,15H2,1-2H3. The number of hydrogen-bond acceptors (Lipinski definition) is 3. The zero-order chi connectivity index (χ0) is 13.8. The molecule has 2 atom stereocenters. The molecule has 0 bridgehead atoms. The van der Waals surface area contributed by atoms with Gasteiger partial charge in [-0.15, -0.1) is 0 Å². The van der Waals surface area contributed by atoms with Crippen LogP contribution in [0.25, 0.3) is 0 Å². The highest BCUT2D eigenvalue weighted by Crippen LogP contribution is 2.15. The fourth-order valence-corrected chi connectivity index (χ4v) is 2.75. The second kappa shape index (κ2) is 6.02. The third kappa shape index (κ3) is 3.44. The van der Waals surface area contributed by atoms with Gasteiger partial charge in [0, 0.05) is 22.8 Å². The monoisotopic (exact) mass is 277 g/mol. The highest BCUT2D eigenvalue weighted by atomic mass is 32.2. The van der Waals surface area contributed by atoms with Crippen LogP contribution < -0.4 is 5.73 Å². The van der Waals surface area contributed by atoms with E-state index in [2.05, 4.69) is 18.9 Å². The predicted molar refractivity (Wildman–Crippen MR) is 78.2 cm³/mol. The number of nitrogen functional groups attached to an aromatic ring is 1. The van der Waals surface area contributed by atoms with Crippen LogP contribution in [0.5, 0.6) is 0 Å². The summed E-state index contributed by atoms with van der Waals surface area (Å²) in [6.45, 7) is 4.24. The lowest BCUT2D eigenvalue weighted by Crippen LogP contribution is -2.05. The van der Waals surface area contributed by atoms with Crippen molar-refractivity contribution in [3.8, 4) is 0 Å². The normalized spacial score (nSPS) is 14.2. The van der Waals surface area contributed by atoms with Crippen LogP contribution in [0.15, 0.2) is 41.4 Å². The van der Waals surface area contributed by atoms with Gasteiger partial charge >= 0.3 is 0 Å². The molecule has 1 aromatic heterocycles. The maximum Gasteiger partial charge on any atom is 0.0753 e. The maximum atomic E-state index is 12.2. The fraction of sp³-hybridized carbons (Fsp3) is 0.357. The lowest BCUT2D eigenvalue weighted by atomic mass is 10.3. The van der Waals surface area contributed by atoms with Gasteiger partial charge in [-0.05, 0) is 43.7 Å². The molecule has 0 spiro atoms. The molecule has 2 unspecified atom stereocenters. The van der Waals surface area contributed by atoms with Gasteiger partial charge in [-0.2, -0.15) is 5.10 Å². The van der Waals surface area contributed by atoms with Crippen LogP contribution in [0.4, 0.5) is 5.69 Å². The van der Waals surface area contributed by atoms with Crippen molar-refractivity contribution in [3.05, 3.63) is 42.2 Å². The Morgan fingerprint density at radius 1 is 1.32 bits per heavy atom. The molecule has 0 amide bonds. The Labute approximate surface area is 116 Å². The molecule has 0 saturated carbocycles. The summed E-state index contributed by atoms with van der Waals surface area (Å²) in [6, 6.07) is 9.45. The third-order valence-electron chi connectivity index (χ3n) is 3.13. The number of nitrogens with two attached hydrogens (primary N) is 1. The average Bonchev–Trinajstić information content (AvgIpc) is 2.87. The van der Waals surface area contributed by atoms with E-state index in [9.17, 15) is 4.21 Å². The number of aromatic nitrogens is 2. The van der Waals surface area contributed by atoms with E-state index in [0.29, 0.717) is 17.5 Å². The SMILES string of the molecule is CCC(C)n1ccc(CS(=O)c2ccc(N)cc2)n1. The first-order chi connectivity index (χ1) is 9.10. The zero-order valence-corrected chi connectivity index (χ0v) is 12.1. The number of rotatable bonds is 5. The average molecular weight is 277 g/mol. The molecular formula is C14H19N3OS. The van der Waals surface area contributed by atoms with Gasteiger partial charge in [0.05, 0.1) is 22.2 Å². The van der Waals surface area contributed by atoms with E-state index in [1.165, 1.54) is 0 Å². The minimum Gasteiger partial charge on any atom is -0.399 e. The van der Waals surface area contributed by atoms with Gasteiger partial charge in [-0.3, -0.25) is 8.89 Å². The summed E-state index contributed by atoms with van der Waals surface area (Å²) in [5, 5.41) is 4.46. The minimum absolute atomic E-state index is 0.374. The molecule has 4 nitrogen and oxygen atoms in total. The van der Waals surface area contributed by atoms with Crippen molar-refractivity contribution in [2.24, 2.45) is 0 Å². The van der Waals surface area contributed by atoms with E-state index in [0.717, 1.165) is 17.0 Å². The van der Waals surface area contributed by atoms with Gasteiger partial charge in [0.1, 0.15) is 0 Å². The van der Waals surface area contributed by atoms with E-state index in [4.69, 9.17) is 5.73 Å². The first-order valence-corrected chi connectivity index (χ1v) is 7.70. The molecule has 2 N–H and O–H groups in total. The highest BCUT2D eigenvalue weighted by Gasteiger charge is 2.09. The Balaban J connectivity index is 2.06. The lowest BCUT2D eigenvalue weighted by Gasteiger charge is -2.08. The second-order valence-electron chi connectivity index (χ2n) is 4.60. The summed E-state index contributed by atoms with van der Waals surface area (Å²) in [4.78, 5) is 0.785. The van der Waals surface area contributed by atoms with Gasteiger partial charge in [-0.25, -0.2) is 0 Å². The Kier molecular flexibility index (Phi) is 4.37. The molecule has 102 valence electrons. The number of nitrogens with zero attached hydrogens (tertiary/aromatic N) is 2. The van der Waals surface area contributed by atoms with Crippen molar-refractivity contribution in [1.29, 1.82) is 0 Å². The first-order valence-electron chi connectivity index (χ1n) is 6.38. The van der Waals surface area contributed by atoms with Crippen molar-refractivity contribution in [1.82, 2.24) is 9.78 Å². The molecule has 0 saturated heterocycles. The largest absolute Gasteiger partial charge is 0.399 e. The summed E-state index contributed by atoms with van der Waals surface area (Å²) in [5.41, 5.74) is 7.16. The Bertz CT molecular complexity index is 562. The van der Waals surface area contributed by atoms with Gasteiger partial charge < -0.3 is 5.73 Å². The Hall–Kier alpha value is -1.62. The highest BCUT2D eigenvalue weighted by molar-refractivity contribution is 7.84. The van der Waals surface area contributed by atoms with E-state index < -0.39 is 10.8 Å². The van der Waals surface area contributed by atoms with Crippen LogP contribution in [0, 0.1) is 0 Å². The van der Waals surface area contributed by atoms with E-state index in [1.54, 1.807) is 24.3 Å². The summed E-state index contributed by atoms with van der Waals surface area (Å²) in [6.07, 6.45) is 2.98. The molecule has 0 fully saturated rings. The van der Waals surface area contributed by atoms with Crippen molar-refractivity contribution in [2.45, 2.75) is 37.0 Å². The van der Waals surface area contributed by atoms with Crippen molar-refractivity contribution in [2.75, 3.05) is 5.73 Å². The van der Waals surface area contributed by atoms with Gasteiger partial charge in [-0.1, -0.05) is 6.92 Å². The van der Waals surface area contributed by atoms with Crippen LogP contribution in [0.1, 0.15) is 32.0 Å². The smallest absolute Gasteiger partial charge is 0.0753 e. The van der Waals surface area contributed by atoms with Crippen LogP contribution in [-0.2, 0) is 16.6 Å². The molecule has 0 aliphatic rings. The maximum absolute atomic E-state index is 12.2. The summed E-state index contributed by atoms with van der Waals surface area (Å²) in [5.74, 6) is 0.438. The van der Waals surface area contributed by atoms with Gasteiger partial charge in [0.25, 0.3) is 0 Å². The molecular weight excluding hydrogens is 258 g/mol. The van der Waals surface area contributed by atoms with Gasteiger partial charge in [0.15, 0.2) is 0 Å². The minimum atomic E-state index is -1.08. The number of hydrogen-bond donors (Lipinski definition) is 1. The first kappa shape index (κ1) is 13.8. The predicted octanol–water partition coefficient (Wildman–Crippen LogP) is 2.74. The Morgan fingerprint density at radius 3 is 2.63 bits per heavy atom. The molecule has 0 aliphatic carbocycles. The van der Waals surface area contributed by atoms with Crippen LogP contribution >= 0.6 is 0 Å². The number of anilines is 1. The van der Waals surface area contributed by atoms with E-state index in [1.807, 2.05) is 16.9 Å². The summed E-state index contributed by atoms with van der Waals surface area (Å²) >= 11 is 0. The third-order valence-corrected chi connectivity index (χ3v) is 4.48. The molecule has 19 heavy (non-hydrogen) atoms. The summed E-state index contributed by atoms with van der Waals surface area (Å²) in [7, 11) is -1.08. The molecule has 2 aromatic rings. The van der Waals surface area contributed by atoms with E-state index >= 15 is 0 Å². The quantitative estimate of drug-likeness (QED) is 0.855. The van der Waals surface area contributed by atoms with Crippen molar-refractivity contribution in [3.63, 3.8) is 0 Å². The Morgan fingerprint density at radius 2 is 2.00 bits per heavy atom.